The highest BCUT2D eigenvalue weighted by Crippen LogP contribution is 2.39. The maximum atomic E-state index is 10.9. The van der Waals surface area contributed by atoms with Crippen molar-refractivity contribution in [3.05, 3.63) is 94.5 Å². The summed E-state index contributed by atoms with van der Waals surface area (Å²) in [6, 6.07) is 22.4. The molecule has 0 aliphatic carbocycles. The molecule has 0 fully saturated rings. The molecule has 0 bridgehead atoms. The number of halogens is 1. The quantitative estimate of drug-likeness (QED) is 0.216. The van der Waals surface area contributed by atoms with Crippen LogP contribution in [-0.4, -0.2) is 40.2 Å². The fourth-order valence-corrected chi connectivity index (χ4v) is 4.70. The van der Waals surface area contributed by atoms with Gasteiger partial charge in [-0.25, -0.2) is 0 Å². The first-order valence-electron chi connectivity index (χ1n) is 13.7. The van der Waals surface area contributed by atoms with E-state index in [4.69, 9.17) is 11.6 Å². The van der Waals surface area contributed by atoms with Gasteiger partial charge in [0, 0.05) is 10.6 Å². The molecule has 9 heteroatoms. The molecule has 0 atom stereocenters. The highest BCUT2D eigenvalue weighted by molar-refractivity contribution is 6.31. The molecular formula is C33H35ClN6O2. The van der Waals surface area contributed by atoms with Gasteiger partial charge in [0.1, 0.15) is 44.9 Å². The van der Waals surface area contributed by atoms with E-state index in [9.17, 15) is 10.2 Å². The van der Waals surface area contributed by atoms with Gasteiger partial charge in [-0.05, 0) is 77.4 Å². The molecule has 0 aliphatic heterocycles. The molecule has 2 heterocycles. The van der Waals surface area contributed by atoms with Crippen LogP contribution in [0.15, 0.2) is 72.8 Å². The summed E-state index contributed by atoms with van der Waals surface area (Å²) < 4.78 is 0. The number of rotatable bonds is 2. The van der Waals surface area contributed by atoms with Gasteiger partial charge in [0.2, 0.25) is 0 Å². The van der Waals surface area contributed by atoms with Gasteiger partial charge < -0.3 is 10.2 Å². The zero-order chi connectivity index (χ0) is 30.4. The van der Waals surface area contributed by atoms with Crippen molar-refractivity contribution in [2.24, 2.45) is 0 Å². The molecule has 0 saturated heterocycles. The van der Waals surface area contributed by atoms with E-state index in [2.05, 4.69) is 68.0 Å². The van der Waals surface area contributed by atoms with Crippen molar-refractivity contribution in [2.75, 3.05) is 0 Å². The van der Waals surface area contributed by atoms with Crippen LogP contribution < -0.4 is 0 Å². The largest absolute Gasteiger partial charge is 0.506 e. The van der Waals surface area contributed by atoms with Gasteiger partial charge in [-0.3, -0.25) is 0 Å². The van der Waals surface area contributed by atoms with Gasteiger partial charge in [-0.2, -0.15) is 0 Å². The molecule has 0 unspecified atom stereocenters. The van der Waals surface area contributed by atoms with Gasteiger partial charge in [0.05, 0.1) is 0 Å². The summed E-state index contributed by atoms with van der Waals surface area (Å²) in [6.45, 7) is 14.7. The molecule has 0 amide bonds. The zero-order valence-electron chi connectivity index (χ0n) is 24.9. The average Bonchev–Trinajstić information content (AvgIpc) is 3.53. The molecule has 0 saturated carbocycles. The fourth-order valence-electron chi connectivity index (χ4n) is 4.53. The summed E-state index contributed by atoms with van der Waals surface area (Å²) in [5, 5.41) is 39.0. The van der Waals surface area contributed by atoms with Crippen molar-refractivity contribution in [2.45, 2.75) is 59.3 Å². The third-order valence-corrected chi connectivity index (χ3v) is 7.19. The average molecular weight is 583 g/mol. The first-order chi connectivity index (χ1) is 19.7. The normalized spacial score (nSPS) is 12.0. The summed E-state index contributed by atoms with van der Waals surface area (Å²) in [5.74, 6) is 0.391. The Bertz CT molecular complexity index is 1880. The second-order valence-electron chi connectivity index (χ2n) is 12.5. The SMILES string of the molecule is CC(C)(C)c1cc(-n2nc3ccc(Cl)cc3n2)c(O)c(C(C)(C)C)c1.Cc1ccc(O)c(-n2nc3ccccc3n2)c1. The Hall–Kier alpha value is -4.43. The number of aromatic hydroxyl groups is 2. The van der Waals surface area contributed by atoms with E-state index in [-0.39, 0.29) is 22.3 Å². The minimum atomic E-state index is -0.198. The Labute approximate surface area is 250 Å². The molecule has 2 N–H and O–H groups in total. The fraction of sp³-hybridized carbons (Fsp3) is 0.273. The standard InChI is InChI=1S/C20H24ClN3O.C13H11N3O/c1-19(2,3)12-9-14(20(4,5)6)18(25)17(10-12)24-22-15-8-7-13(21)11-16(15)23-24;1-9-6-7-13(17)12(8-9)16-14-10-4-2-3-5-11(10)15-16/h7-11,25H,1-6H3;2-8,17H,1H3. The second-order valence-corrected chi connectivity index (χ2v) is 12.9. The maximum absolute atomic E-state index is 10.9. The molecule has 6 aromatic rings. The Morgan fingerprint density at radius 2 is 1.19 bits per heavy atom. The predicted molar refractivity (Wildman–Crippen MR) is 168 cm³/mol. The second kappa shape index (κ2) is 10.8. The van der Waals surface area contributed by atoms with Crippen molar-refractivity contribution < 1.29 is 10.2 Å². The van der Waals surface area contributed by atoms with Crippen molar-refractivity contribution in [3.8, 4) is 22.9 Å². The van der Waals surface area contributed by atoms with E-state index in [1.54, 1.807) is 18.2 Å². The molecular weight excluding hydrogens is 548 g/mol. The van der Waals surface area contributed by atoms with Gasteiger partial charge in [-0.15, -0.1) is 30.0 Å². The number of aryl methyl sites for hydroxylation is 1. The smallest absolute Gasteiger partial charge is 0.146 e. The van der Waals surface area contributed by atoms with Crippen molar-refractivity contribution in [3.63, 3.8) is 0 Å². The summed E-state index contributed by atoms with van der Waals surface area (Å²) >= 11 is 6.05. The van der Waals surface area contributed by atoms with E-state index in [0.717, 1.165) is 33.2 Å². The summed E-state index contributed by atoms with van der Waals surface area (Å²) in [6.07, 6.45) is 0. The van der Waals surface area contributed by atoms with Crippen LogP contribution in [0, 0.1) is 6.92 Å². The van der Waals surface area contributed by atoms with E-state index in [0.29, 0.717) is 21.9 Å². The lowest BCUT2D eigenvalue weighted by atomic mass is 9.80. The summed E-state index contributed by atoms with van der Waals surface area (Å²) in [4.78, 5) is 2.97. The molecule has 2 aromatic heterocycles. The Kier molecular flexibility index (Phi) is 7.45. The molecule has 216 valence electrons. The molecule has 0 radical (unpaired) electrons. The third kappa shape index (κ3) is 5.94. The lowest BCUT2D eigenvalue weighted by Gasteiger charge is -2.27. The molecule has 42 heavy (non-hydrogen) atoms. The number of hydrogen-bond acceptors (Lipinski definition) is 6. The number of benzene rings is 4. The topological polar surface area (TPSA) is 102 Å². The van der Waals surface area contributed by atoms with Crippen LogP contribution in [0.4, 0.5) is 0 Å². The van der Waals surface area contributed by atoms with E-state index in [1.807, 2.05) is 55.5 Å². The number of hydrogen-bond donors (Lipinski definition) is 2. The first-order valence-corrected chi connectivity index (χ1v) is 14.1. The number of phenols is 2. The van der Waals surface area contributed by atoms with Crippen molar-refractivity contribution >= 4 is 33.7 Å². The van der Waals surface area contributed by atoms with Crippen LogP contribution in [0.1, 0.15) is 58.2 Å². The monoisotopic (exact) mass is 582 g/mol. The zero-order valence-corrected chi connectivity index (χ0v) is 25.6. The van der Waals surface area contributed by atoms with Crippen molar-refractivity contribution in [1.82, 2.24) is 30.0 Å². The van der Waals surface area contributed by atoms with Crippen LogP contribution in [0.3, 0.4) is 0 Å². The highest BCUT2D eigenvalue weighted by Gasteiger charge is 2.26. The summed E-state index contributed by atoms with van der Waals surface area (Å²) in [5.41, 5.74) is 7.06. The Balaban J connectivity index is 0.000000180. The first kappa shape index (κ1) is 29.1. The highest BCUT2D eigenvalue weighted by atomic mass is 35.5. The van der Waals surface area contributed by atoms with Gasteiger partial charge in [-0.1, -0.05) is 77.4 Å². The number of aromatic nitrogens is 6. The van der Waals surface area contributed by atoms with Gasteiger partial charge in [0.25, 0.3) is 0 Å². The van der Waals surface area contributed by atoms with E-state index >= 15 is 0 Å². The lowest BCUT2D eigenvalue weighted by Crippen LogP contribution is -2.18. The van der Waals surface area contributed by atoms with Crippen LogP contribution in [0.5, 0.6) is 11.5 Å². The molecule has 8 nitrogen and oxygen atoms in total. The maximum Gasteiger partial charge on any atom is 0.146 e. The molecule has 0 aliphatic rings. The van der Waals surface area contributed by atoms with Crippen LogP contribution in [0.25, 0.3) is 33.4 Å². The van der Waals surface area contributed by atoms with Gasteiger partial charge in [0.15, 0.2) is 0 Å². The third-order valence-electron chi connectivity index (χ3n) is 6.95. The van der Waals surface area contributed by atoms with Crippen molar-refractivity contribution in [1.29, 1.82) is 0 Å². The van der Waals surface area contributed by atoms with Crippen LogP contribution in [0.2, 0.25) is 5.02 Å². The number of nitrogens with zero attached hydrogens (tertiary/aromatic N) is 6. The Morgan fingerprint density at radius 1 is 0.619 bits per heavy atom. The molecule has 4 aromatic carbocycles. The van der Waals surface area contributed by atoms with Gasteiger partial charge >= 0.3 is 0 Å². The van der Waals surface area contributed by atoms with Crippen LogP contribution in [-0.2, 0) is 10.8 Å². The minimum Gasteiger partial charge on any atom is -0.506 e. The summed E-state index contributed by atoms with van der Waals surface area (Å²) in [7, 11) is 0. The predicted octanol–water partition coefficient (Wildman–Crippen LogP) is 7.81. The van der Waals surface area contributed by atoms with E-state index < -0.39 is 0 Å². The minimum absolute atomic E-state index is 0.0572. The number of phenolic OH excluding ortho intramolecular Hbond substituents is 2. The number of fused-ring (bicyclic) bond motifs is 2. The Morgan fingerprint density at radius 3 is 1.79 bits per heavy atom. The molecule has 6 rings (SSSR count). The molecule has 0 spiro atoms. The van der Waals surface area contributed by atoms with E-state index in [1.165, 1.54) is 9.59 Å². The van der Waals surface area contributed by atoms with Crippen LogP contribution >= 0.6 is 11.6 Å². The lowest BCUT2D eigenvalue weighted by molar-refractivity contribution is 0.438.